The van der Waals surface area contributed by atoms with Gasteiger partial charge in [0.15, 0.2) is 5.78 Å². The zero-order valence-electron chi connectivity index (χ0n) is 19.9. The van der Waals surface area contributed by atoms with Crippen molar-refractivity contribution in [3.05, 3.63) is 95.3 Å². The summed E-state index contributed by atoms with van der Waals surface area (Å²) in [6.45, 7) is 2.05. The van der Waals surface area contributed by atoms with Crippen molar-refractivity contribution < 1.29 is 27.5 Å². The fourth-order valence-electron chi connectivity index (χ4n) is 4.02. The lowest BCUT2D eigenvalue weighted by molar-refractivity contribution is -0.137. The third kappa shape index (κ3) is 5.79. The van der Waals surface area contributed by atoms with Crippen LogP contribution in [0.1, 0.15) is 33.3 Å². The molecule has 4 aromatic rings. The van der Waals surface area contributed by atoms with E-state index in [4.69, 9.17) is 4.74 Å². The Bertz CT molecular complexity index is 1490. The van der Waals surface area contributed by atoms with Gasteiger partial charge in [0.05, 0.1) is 35.1 Å². The number of nitrogens with one attached hydrogen (secondary N) is 3. The number of hydrogen-bond donors (Lipinski definition) is 3. The van der Waals surface area contributed by atoms with E-state index in [0.29, 0.717) is 41.0 Å². The molecule has 2 heterocycles. The molecule has 2 amide bonds. The summed E-state index contributed by atoms with van der Waals surface area (Å²) in [5.41, 5.74) is 2.38. The van der Waals surface area contributed by atoms with Crippen LogP contribution in [0.25, 0.3) is 11.0 Å². The van der Waals surface area contributed by atoms with Gasteiger partial charge >= 0.3 is 12.2 Å². The minimum atomic E-state index is -4.46. The molecule has 8 nitrogen and oxygen atoms in total. The summed E-state index contributed by atoms with van der Waals surface area (Å²) < 4.78 is 43.9. The monoisotopic (exact) mass is 521 g/mol. The molecule has 1 aliphatic rings. The lowest BCUT2D eigenvalue weighted by Crippen LogP contribution is -2.33. The number of ether oxygens (including phenoxy) is 1. The van der Waals surface area contributed by atoms with Gasteiger partial charge in [-0.1, -0.05) is 12.1 Å². The van der Waals surface area contributed by atoms with Gasteiger partial charge in [0.25, 0.3) is 0 Å². The van der Waals surface area contributed by atoms with Gasteiger partial charge in [-0.2, -0.15) is 13.2 Å². The van der Waals surface area contributed by atoms with Crippen molar-refractivity contribution in [3.8, 4) is 0 Å². The molecule has 38 heavy (non-hydrogen) atoms. The van der Waals surface area contributed by atoms with Crippen molar-refractivity contribution in [1.82, 2.24) is 15.3 Å². The first kappa shape index (κ1) is 25.3. The molecule has 1 aliphatic heterocycles. The molecule has 0 aliphatic carbocycles. The van der Waals surface area contributed by atoms with Gasteiger partial charge in [0, 0.05) is 35.6 Å². The zero-order chi connectivity index (χ0) is 26.7. The largest absolute Gasteiger partial charge is 0.416 e. The predicted molar refractivity (Wildman–Crippen MR) is 135 cm³/mol. The lowest BCUT2D eigenvalue weighted by atomic mass is 10.0. The van der Waals surface area contributed by atoms with Crippen molar-refractivity contribution in [1.29, 1.82) is 0 Å². The highest BCUT2D eigenvalue weighted by atomic mass is 19.4. The van der Waals surface area contributed by atoms with Gasteiger partial charge in [0.1, 0.15) is 6.10 Å². The summed E-state index contributed by atoms with van der Waals surface area (Å²) in [7, 11) is 0. The fraction of sp³-hybridized carbons (Fsp3) is 0.185. The Morgan fingerprint density at radius 1 is 0.921 bits per heavy atom. The number of aromatic nitrogens is 2. The molecule has 0 bridgehead atoms. The van der Waals surface area contributed by atoms with E-state index < -0.39 is 17.8 Å². The highest BCUT2D eigenvalue weighted by Gasteiger charge is 2.30. The van der Waals surface area contributed by atoms with Crippen molar-refractivity contribution in [2.75, 3.05) is 30.3 Å². The van der Waals surface area contributed by atoms with Crippen LogP contribution in [-0.4, -0.2) is 41.5 Å². The maximum atomic E-state index is 13.1. The number of ketones is 1. The number of nitrogens with zero attached hydrogens (tertiary/aromatic N) is 2. The van der Waals surface area contributed by atoms with Crippen LogP contribution < -0.4 is 16.0 Å². The predicted octanol–water partition coefficient (Wildman–Crippen LogP) is 5.18. The Balaban J connectivity index is 1.27. The molecule has 0 spiro atoms. The molecule has 0 saturated carbocycles. The van der Waals surface area contributed by atoms with Gasteiger partial charge in [-0.15, -0.1) is 0 Å². The molecule has 1 saturated heterocycles. The summed E-state index contributed by atoms with van der Waals surface area (Å²) >= 11 is 0. The first-order valence-electron chi connectivity index (χ1n) is 11.8. The van der Waals surface area contributed by atoms with E-state index in [1.807, 2.05) is 0 Å². The van der Waals surface area contributed by atoms with Crippen LogP contribution in [0, 0.1) is 0 Å². The van der Waals surface area contributed by atoms with E-state index >= 15 is 0 Å². The number of morpholine rings is 1. The molecule has 194 valence electrons. The molecule has 1 fully saturated rings. The zero-order valence-corrected chi connectivity index (χ0v) is 19.9. The highest BCUT2D eigenvalue weighted by molar-refractivity contribution is 6.11. The van der Waals surface area contributed by atoms with Crippen molar-refractivity contribution >= 4 is 34.2 Å². The lowest BCUT2D eigenvalue weighted by Gasteiger charge is -2.22. The topological polar surface area (TPSA) is 105 Å². The number of carbonyl (C=O) groups excluding carboxylic acids is 2. The van der Waals surface area contributed by atoms with E-state index in [-0.39, 0.29) is 17.6 Å². The summed E-state index contributed by atoms with van der Waals surface area (Å²) in [5.74, 6) is -0.274. The second-order valence-electron chi connectivity index (χ2n) is 8.63. The molecular formula is C27H22F3N5O3. The standard InChI is InChI=1S/C27H22F3N5O3/c28-27(29,30)18-5-7-19(8-6-18)33-26(37)34-20-3-1-2-16(12-20)25(36)17-4-9-21-22(13-17)32-14-23(35-21)24-15-31-10-11-38-24/h1-9,12-14,24,31H,10-11,15H2,(H2,33,34,37). The quantitative estimate of drug-likeness (QED) is 0.313. The first-order valence-corrected chi connectivity index (χ1v) is 11.8. The van der Waals surface area contributed by atoms with Gasteiger partial charge < -0.3 is 20.7 Å². The minimum absolute atomic E-state index is 0.173. The highest BCUT2D eigenvalue weighted by Crippen LogP contribution is 2.30. The van der Waals surface area contributed by atoms with Crippen LogP contribution in [0.4, 0.5) is 29.3 Å². The third-order valence-electron chi connectivity index (χ3n) is 5.93. The maximum absolute atomic E-state index is 13.1. The number of rotatable bonds is 5. The molecule has 5 rings (SSSR count). The van der Waals surface area contributed by atoms with E-state index in [0.717, 1.165) is 36.5 Å². The first-order chi connectivity index (χ1) is 18.3. The Morgan fingerprint density at radius 2 is 1.68 bits per heavy atom. The van der Waals surface area contributed by atoms with Gasteiger partial charge in [-0.25, -0.2) is 9.78 Å². The van der Waals surface area contributed by atoms with E-state index in [2.05, 4.69) is 25.9 Å². The average molecular weight is 521 g/mol. The third-order valence-corrected chi connectivity index (χ3v) is 5.93. The van der Waals surface area contributed by atoms with Crippen LogP contribution in [-0.2, 0) is 10.9 Å². The summed E-state index contributed by atoms with van der Waals surface area (Å²) in [6.07, 6.45) is -2.99. The molecule has 1 unspecified atom stereocenters. The Kier molecular flexibility index (Phi) is 7.03. The number of halogens is 3. The van der Waals surface area contributed by atoms with Crippen molar-refractivity contribution in [3.63, 3.8) is 0 Å². The Labute approximate surface area is 215 Å². The van der Waals surface area contributed by atoms with Crippen LogP contribution in [0.2, 0.25) is 0 Å². The van der Waals surface area contributed by atoms with Gasteiger partial charge in [0.2, 0.25) is 0 Å². The number of anilines is 2. The van der Waals surface area contributed by atoms with Crippen molar-refractivity contribution in [2.45, 2.75) is 12.3 Å². The van der Waals surface area contributed by atoms with Gasteiger partial charge in [-0.05, 0) is 54.6 Å². The molecule has 1 aromatic heterocycles. The molecular weight excluding hydrogens is 499 g/mol. The van der Waals surface area contributed by atoms with Crippen LogP contribution >= 0.6 is 0 Å². The smallest absolute Gasteiger partial charge is 0.369 e. The Morgan fingerprint density at radius 3 is 2.42 bits per heavy atom. The number of alkyl halides is 3. The fourth-order valence-corrected chi connectivity index (χ4v) is 4.02. The number of carbonyl (C=O) groups is 2. The average Bonchev–Trinajstić information content (AvgIpc) is 2.92. The Hall–Kier alpha value is -4.35. The number of amides is 2. The second-order valence-corrected chi connectivity index (χ2v) is 8.63. The summed E-state index contributed by atoms with van der Waals surface area (Å²) in [5, 5.41) is 8.31. The normalized spacial score (nSPS) is 15.7. The van der Waals surface area contributed by atoms with E-state index in [9.17, 15) is 22.8 Å². The van der Waals surface area contributed by atoms with Crippen LogP contribution in [0.15, 0.2) is 72.9 Å². The number of hydrogen-bond acceptors (Lipinski definition) is 6. The number of urea groups is 1. The summed E-state index contributed by atoms with van der Waals surface area (Å²) in [6, 6.07) is 14.8. The molecule has 3 aromatic carbocycles. The number of fused-ring (bicyclic) bond motifs is 1. The molecule has 11 heteroatoms. The second kappa shape index (κ2) is 10.6. The maximum Gasteiger partial charge on any atom is 0.416 e. The van der Waals surface area contributed by atoms with E-state index in [1.165, 1.54) is 6.07 Å². The number of benzene rings is 3. The molecule has 1 atom stereocenters. The summed E-state index contributed by atoms with van der Waals surface area (Å²) in [4.78, 5) is 34.6. The van der Waals surface area contributed by atoms with Crippen LogP contribution in [0.5, 0.6) is 0 Å². The SMILES string of the molecule is O=C(Nc1ccc(C(F)(F)F)cc1)Nc1cccc(C(=O)c2ccc3nc(C4CNCCO4)cnc3c2)c1. The molecule has 0 radical (unpaired) electrons. The molecule has 3 N–H and O–H groups in total. The van der Waals surface area contributed by atoms with E-state index in [1.54, 1.807) is 42.6 Å². The van der Waals surface area contributed by atoms with Gasteiger partial charge in [-0.3, -0.25) is 9.78 Å². The minimum Gasteiger partial charge on any atom is -0.369 e. The van der Waals surface area contributed by atoms with Crippen LogP contribution in [0.3, 0.4) is 0 Å². The van der Waals surface area contributed by atoms with Crippen molar-refractivity contribution in [2.24, 2.45) is 0 Å².